The van der Waals surface area contributed by atoms with Crippen molar-refractivity contribution in [2.75, 3.05) is 11.5 Å². The second-order valence-corrected chi connectivity index (χ2v) is 9.31. The molecule has 1 atom stereocenters. The molecule has 0 spiro atoms. The fourth-order valence-electron chi connectivity index (χ4n) is 4.88. The van der Waals surface area contributed by atoms with Crippen molar-refractivity contribution in [3.8, 4) is 28.4 Å². The van der Waals surface area contributed by atoms with E-state index in [1.807, 2.05) is 85.8 Å². The molecule has 1 amide bonds. The van der Waals surface area contributed by atoms with Gasteiger partial charge < -0.3 is 18.8 Å². The number of hydrogen-bond donors (Lipinski definition) is 0. The summed E-state index contributed by atoms with van der Waals surface area (Å²) >= 11 is 0. The predicted molar refractivity (Wildman–Crippen MR) is 147 cm³/mol. The number of rotatable bonds is 6. The highest BCUT2D eigenvalue weighted by Gasteiger charge is 2.30. The summed E-state index contributed by atoms with van der Waals surface area (Å²) in [5, 5.41) is 0.365. The van der Waals surface area contributed by atoms with Gasteiger partial charge in [-0.2, -0.15) is 0 Å². The van der Waals surface area contributed by atoms with Crippen molar-refractivity contribution in [3.05, 3.63) is 119 Å². The second kappa shape index (κ2) is 9.90. The number of benzene rings is 4. The molecule has 0 aliphatic carbocycles. The molecular formula is C32H25NO5. The Morgan fingerprint density at radius 2 is 1.61 bits per heavy atom. The molecule has 0 radical (unpaired) electrons. The lowest BCUT2D eigenvalue weighted by Gasteiger charge is -2.22. The number of fused-ring (bicyclic) bond motifs is 2. The van der Waals surface area contributed by atoms with E-state index in [1.54, 1.807) is 23.1 Å². The molecule has 6 rings (SSSR count). The molecular weight excluding hydrogens is 478 g/mol. The van der Waals surface area contributed by atoms with E-state index in [1.165, 1.54) is 6.26 Å². The molecule has 0 N–H and O–H groups in total. The zero-order valence-electron chi connectivity index (χ0n) is 20.8. The van der Waals surface area contributed by atoms with Gasteiger partial charge in [-0.3, -0.25) is 9.59 Å². The molecule has 6 heteroatoms. The highest BCUT2D eigenvalue weighted by atomic mass is 16.5. The molecule has 4 aromatic carbocycles. The Hall–Kier alpha value is -4.84. The Morgan fingerprint density at radius 1 is 0.895 bits per heavy atom. The van der Waals surface area contributed by atoms with Gasteiger partial charge in [0, 0.05) is 17.8 Å². The molecule has 0 bridgehead atoms. The van der Waals surface area contributed by atoms with Crippen molar-refractivity contribution in [1.29, 1.82) is 0 Å². The van der Waals surface area contributed by atoms with Crippen LogP contribution in [-0.2, 0) is 11.2 Å². The highest BCUT2D eigenvalue weighted by Crippen LogP contribution is 2.32. The lowest BCUT2D eigenvalue weighted by Crippen LogP contribution is -2.39. The van der Waals surface area contributed by atoms with Crippen LogP contribution in [0.25, 0.3) is 22.1 Å². The van der Waals surface area contributed by atoms with E-state index in [-0.39, 0.29) is 29.7 Å². The molecule has 6 nitrogen and oxygen atoms in total. The highest BCUT2D eigenvalue weighted by molar-refractivity contribution is 5.97. The molecule has 2 heterocycles. The summed E-state index contributed by atoms with van der Waals surface area (Å²) in [6.45, 7) is 1.91. The maximum atomic E-state index is 13.0. The van der Waals surface area contributed by atoms with Crippen LogP contribution in [0.15, 0.2) is 113 Å². The van der Waals surface area contributed by atoms with Crippen LogP contribution in [0.1, 0.15) is 12.5 Å². The summed E-state index contributed by atoms with van der Waals surface area (Å²) in [7, 11) is 0. The van der Waals surface area contributed by atoms with E-state index in [2.05, 4.69) is 0 Å². The van der Waals surface area contributed by atoms with Crippen LogP contribution in [0.4, 0.5) is 5.69 Å². The number of nitrogens with zero attached hydrogens (tertiary/aromatic N) is 1. The quantitative estimate of drug-likeness (QED) is 0.261. The van der Waals surface area contributed by atoms with Crippen molar-refractivity contribution in [2.45, 2.75) is 19.4 Å². The number of anilines is 1. The van der Waals surface area contributed by atoms with Gasteiger partial charge in [0.25, 0.3) is 5.91 Å². The van der Waals surface area contributed by atoms with Crippen LogP contribution in [0.2, 0.25) is 0 Å². The van der Waals surface area contributed by atoms with Crippen molar-refractivity contribution in [1.82, 2.24) is 0 Å². The standard InChI is InChI=1S/C32H25NO5/c1-21-17-24-9-5-6-10-28(24)33(21)31(34)20-36-26-15-16-27-29(18-26)37-19-30(32(27)35)38-25-13-11-23(12-14-25)22-7-3-2-4-8-22/h2-16,18-19,21H,17,20H2,1H3. The first kappa shape index (κ1) is 23.6. The Morgan fingerprint density at radius 3 is 2.42 bits per heavy atom. The topological polar surface area (TPSA) is 69.0 Å². The minimum atomic E-state index is -0.288. The maximum absolute atomic E-state index is 13.0. The third-order valence-electron chi connectivity index (χ3n) is 6.74. The number of para-hydroxylation sites is 1. The zero-order chi connectivity index (χ0) is 26.1. The van der Waals surface area contributed by atoms with E-state index >= 15 is 0 Å². The summed E-state index contributed by atoms with van der Waals surface area (Å²) in [4.78, 5) is 27.8. The number of carbonyl (C=O) groups is 1. The monoisotopic (exact) mass is 503 g/mol. The third kappa shape index (κ3) is 4.52. The van der Waals surface area contributed by atoms with Crippen LogP contribution >= 0.6 is 0 Å². The number of amides is 1. The fraction of sp³-hybridized carbons (Fsp3) is 0.125. The molecule has 38 heavy (non-hydrogen) atoms. The van der Waals surface area contributed by atoms with Gasteiger partial charge in [0.2, 0.25) is 11.2 Å². The first-order chi connectivity index (χ1) is 18.6. The molecule has 1 aliphatic heterocycles. The largest absolute Gasteiger partial charge is 0.484 e. The number of ether oxygens (including phenoxy) is 2. The van der Waals surface area contributed by atoms with Gasteiger partial charge in [-0.05, 0) is 60.4 Å². The van der Waals surface area contributed by atoms with Crippen LogP contribution in [0.5, 0.6) is 17.2 Å². The lowest BCUT2D eigenvalue weighted by molar-refractivity contribution is -0.120. The minimum absolute atomic E-state index is 0.0751. The summed E-state index contributed by atoms with van der Waals surface area (Å²) in [6, 6.07) is 30.4. The lowest BCUT2D eigenvalue weighted by atomic mass is 10.1. The number of hydrogen-bond acceptors (Lipinski definition) is 5. The average molecular weight is 504 g/mol. The van der Waals surface area contributed by atoms with Gasteiger partial charge >= 0.3 is 0 Å². The summed E-state index contributed by atoms with van der Waals surface area (Å²) in [5.41, 5.74) is 4.31. The maximum Gasteiger partial charge on any atom is 0.265 e. The van der Waals surface area contributed by atoms with Crippen molar-refractivity contribution in [2.24, 2.45) is 0 Å². The van der Waals surface area contributed by atoms with Gasteiger partial charge in [-0.1, -0.05) is 60.7 Å². The summed E-state index contributed by atoms with van der Waals surface area (Å²) < 4.78 is 17.3. The molecule has 1 unspecified atom stereocenters. The number of carbonyl (C=O) groups excluding carboxylic acids is 1. The van der Waals surface area contributed by atoms with Crippen LogP contribution < -0.4 is 19.8 Å². The average Bonchev–Trinajstić information content (AvgIpc) is 3.30. The first-order valence-electron chi connectivity index (χ1n) is 12.5. The first-order valence-corrected chi connectivity index (χ1v) is 12.5. The Bertz CT molecular complexity index is 1670. The van der Waals surface area contributed by atoms with Crippen molar-refractivity contribution in [3.63, 3.8) is 0 Å². The van der Waals surface area contributed by atoms with Gasteiger partial charge in [-0.25, -0.2) is 0 Å². The predicted octanol–water partition coefficient (Wildman–Crippen LogP) is 6.61. The van der Waals surface area contributed by atoms with Gasteiger partial charge in [0.15, 0.2) is 6.61 Å². The molecule has 5 aromatic rings. The van der Waals surface area contributed by atoms with E-state index in [0.717, 1.165) is 28.8 Å². The SMILES string of the molecule is CC1Cc2ccccc2N1C(=O)COc1ccc2c(=O)c(Oc3ccc(-c4ccccc4)cc3)coc2c1. The van der Waals surface area contributed by atoms with Crippen LogP contribution in [0.3, 0.4) is 0 Å². The van der Waals surface area contributed by atoms with Crippen LogP contribution in [0, 0.1) is 0 Å². The van der Waals surface area contributed by atoms with Gasteiger partial charge in [0.05, 0.1) is 5.39 Å². The van der Waals surface area contributed by atoms with Gasteiger partial charge in [0.1, 0.15) is 23.3 Å². The van der Waals surface area contributed by atoms with E-state index in [0.29, 0.717) is 22.5 Å². The van der Waals surface area contributed by atoms with Crippen molar-refractivity contribution >= 4 is 22.6 Å². The van der Waals surface area contributed by atoms with E-state index < -0.39 is 0 Å². The molecule has 188 valence electrons. The third-order valence-corrected chi connectivity index (χ3v) is 6.74. The molecule has 1 aromatic heterocycles. The van der Waals surface area contributed by atoms with Gasteiger partial charge in [-0.15, -0.1) is 0 Å². The Labute approximate surface area is 219 Å². The van der Waals surface area contributed by atoms with E-state index in [9.17, 15) is 9.59 Å². The normalized spacial score (nSPS) is 14.3. The second-order valence-electron chi connectivity index (χ2n) is 9.31. The summed E-state index contributed by atoms with van der Waals surface area (Å²) in [6.07, 6.45) is 2.12. The van der Waals surface area contributed by atoms with E-state index in [4.69, 9.17) is 13.9 Å². The zero-order valence-corrected chi connectivity index (χ0v) is 20.8. The fourth-order valence-corrected chi connectivity index (χ4v) is 4.88. The molecule has 0 saturated heterocycles. The summed E-state index contributed by atoms with van der Waals surface area (Å²) in [5.74, 6) is 0.952. The molecule has 0 saturated carbocycles. The minimum Gasteiger partial charge on any atom is -0.484 e. The van der Waals surface area contributed by atoms with Crippen LogP contribution in [-0.4, -0.2) is 18.6 Å². The molecule has 0 fully saturated rings. The molecule has 1 aliphatic rings. The van der Waals surface area contributed by atoms with Crippen molar-refractivity contribution < 1.29 is 18.7 Å². The Balaban J connectivity index is 1.15. The smallest absolute Gasteiger partial charge is 0.265 e. The Kier molecular flexibility index (Phi) is 6.14.